The summed E-state index contributed by atoms with van der Waals surface area (Å²) in [4.78, 5) is 0.319. The molecule has 1 saturated heterocycles. The van der Waals surface area contributed by atoms with Gasteiger partial charge in [-0.2, -0.15) is 4.31 Å². The van der Waals surface area contributed by atoms with Gasteiger partial charge in [0.1, 0.15) is 17.6 Å². The van der Waals surface area contributed by atoms with Crippen LogP contribution in [0.4, 0.5) is 0 Å². The highest BCUT2D eigenvalue weighted by molar-refractivity contribution is 7.89. The van der Waals surface area contributed by atoms with Crippen molar-refractivity contribution in [3.05, 3.63) is 53.1 Å². The molecule has 162 valence electrons. The van der Waals surface area contributed by atoms with Gasteiger partial charge in [-0.1, -0.05) is 12.1 Å². The molecule has 2 aliphatic heterocycles. The molecule has 2 aromatic rings. The monoisotopic (exact) mass is 432 g/mol. The maximum absolute atomic E-state index is 12.7. The first-order valence-corrected chi connectivity index (χ1v) is 11.7. The minimum Gasteiger partial charge on any atom is -0.496 e. The molecule has 0 amide bonds. The molecule has 1 fully saturated rings. The minimum absolute atomic E-state index is 0.195. The Morgan fingerprint density at radius 3 is 2.57 bits per heavy atom. The summed E-state index contributed by atoms with van der Waals surface area (Å²) >= 11 is 0. The summed E-state index contributed by atoms with van der Waals surface area (Å²) in [7, 11) is -1.78. The molecule has 0 aliphatic carbocycles. The van der Waals surface area contributed by atoms with Gasteiger partial charge in [0.2, 0.25) is 10.0 Å². The molecule has 0 aromatic heterocycles. The third-order valence-electron chi connectivity index (χ3n) is 5.47. The zero-order chi connectivity index (χ0) is 21.1. The first-order valence-electron chi connectivity index (χ1n) is 10.2. The molecule has 1 N–H and O–H groups in total. The van der Waals surface area contributed by atoms with Gasteiger partial charge in [-0.05, 0) is 36.8 Å². The molecular formula is C22H28N2O5S. The van der Waals surface area contributed by atoms with Gasteiger partial charge in [-0.3, -0.25) is 0 Å². The number of sulfonamides is 1. The minimum atomic E-state index is -3.46. The lowest BCUT2D eigenvalue weighted by atomic mass is 10.1. The predicted molar refractivity (Wildman–Crippen MR) is 113 cm³/mol. The van der Waals surface area contributed by atoms with Gasteiger partial charge in [0.15, 0.2) is 0 Å². The van der Waals surface area contributed by atoms with Gasteiger partial charge in [-0.25, -0.2) is 8.42 Å². The standard InChI is InChI=1S/C22H28N2O5S/c1-16-11-18-12-21(27-2)19(13-22(18)29-16)15-23-14-17-3-5-20(6-4-17)30(25,26)24-7-9-28-10-8-24/h3-6,12-13,16,23H,7-11,14-15H2,1-2H3/t16-/m1/s1. The lowest BCUT2D eigenvalue weighted by Gasteiger charge is -2.26. The molecule has 0 bridgehead atoms. The number of hydrogen-bond donors (Lipinski definition) is 1. The third kappa shape index (κ3) is 4.46. The van der Waals surface area contributed by atoms with Crippen LogP contribution in [-0.2, 0) is 34.3 Å². The van der Waals surface area contributed by atoms with Crippen LogP contribution in [0.15, 0.2) is 41.3 Å². The van der Waals surface area contributed by atoms with E-state index in [1.165, 1.54) is 9.87 Å². The number of ether oxygens (including phenoxy) is 3. The fourth-order valence-corrected chi connectivity index (χ4v) is 5.27. The van der Waals surface area contributed by atoms with Crippen LogP contribution in [0.2, 0.25) is 0 Å². The number of benzene rings is 2. The largest absolute Gasteiger partial charge is 0.496 e. The van der Waals surface area contributed by atoms with Crippen molar-refractivity contribution >= 4 is 10.0 Å². The van der Waals surface area contributed by atoms with Crippen molar-refractivity contribution in [1.29, 1.82) is 0 Å². The number of rotatable bonds is 7. The van der Waals surface area contributed by atoms with Crippen molar-refractivity contribution < 1.29 is 22.6 Å². The normalized spacial score (nSPS) is 19.3. The summed E-state index contributed by atoms with van der Waals surface area (Å²) in [5.74, 6) is 1.78. The quantitative estimate of drug-likeness (QED) is 0.724. The van der Waals surface area contributed by atoms with E-state index in [-0.39, 0.29) is 6.10 Å². The average molecular weight is 433 g/mol. The van der Waals surface area contributed by atoms with Gasteiger partial charge in [0, 0.05) is 43.7 Å². The number of fused-ring (bicyclic) bond motifs is 1. The Kier molecular flexibility index (Phi) is 6.29. The van der Waals surface area contributed by atoms with Gasteiger partial charge >= 0.3 is 0 Å². The van der Waals surface area contributed by atoms with Gasteiger partial charge < -0.3 is 19.5 Å². The molecule has 0 spiro atoms. The molecule has 0 radical (unpaired) electrons. The number of methoxy groups -OCH3 is 1. The number of nitrogens with one attached hydrogen (secondary N) is 1. The summed E-state index contributed by atoms with van der Waals surface area (Å²) in [6, 6.07) is 11.2. The van der Waals surface area contributed by atoms with Crippen LogP contribution < -0.4 is 14.8 Å². The maximum Gasteiger partial charge on any atom is 0.243 e. The molecule has 4 rings (SSSR count). The Balaban J connectivity index is 1.38. The smallest absolute Gasteiger partial charge is 0.243 e. The van der Waals surface area contributed by atoms with Crippen molar-refractivity contribution in [3.63, 3.8) is 0 Å². The Labute approximate surface area is 178 Å². The van der Waals surface area contributed by atoms with E-state index in [4.69, 9.17) is 14.2 Å². The molecule has 30 heavy (non-hydrogen) atoms. The zero-order valence-corrected chi connectivity index (χ0v) is 18.2. The second kappa shape index (κ2) is 8.93. The topological polar surface area (TPSA) is 77.1 Å². The van der Waals surface area contributed by atoms with Crippen molar-refractivity contribution in [2.24, 2.45) is 0 Å². The van der Waals surface area contributed by atoms with E-state index in [1.807, 2.05) is 18.2 Å². The fraction of sp³-hybridized carbons (Fsp3) is 0.455. The number of hydrogen-bond acceptors (Lipinski definition) is 6. The third-order valence-corrected chi connectivity index (χ3v) is 7.39. The molecule has 7 nitrogen and oxygen atoms in total. The number of nitrogens with zero attached hydrogens (tertiary/aromatic N) is 1. The highest BCUT2D eigenvalue weighted by Crippen LogP contribution is 2.35. The van der Waals surface area contributed by atoms with Gasteiger partial charge in [-0.15, -0.1) is 0 Å². The van der Waals surface area contributed by atoms with Crippen LogP contribution in [-0.4, -0.2) is 52.2 Å². The van der Waals surface area contributed by atoms with E-state index in [9.17, 15) is 8.42 Å². The van der Waals surface area contributed by atoms with E-state index in [0.29, 0.717) is 44.3 Å². The van der Waals surface area contributed by atoms with E-state index < -0.39 is 10.0 Å². The molecular weight excluding hydrogens is 404 g/mol. The van der Waals surface area contributed by atoms with E-state index >= 15 is 0 Å². The van der Waals surface area contributed by atoms with Gasteiger partial charge in [0.25, 0.3) is 0 Å². The lowest BCUT2D eigenvalue weighted by molar-refractivity contribution is 0.0730. The van der Waals surface area contributed by atoms with Crippen molar-refractivity contribution in [1.82, 2.24) is 9.62 Å². The fourth-order valence-electron chi connectivity index (χ4n) is 3.87. The van der Waals surface area contributed by atoms with E-state index in [1.54, 1.807) is 19.2 Å². The summed E-state index contributed by atoms with van der Waals surface area (Å²) < 4.78 is 43.5. The highest BCUT2D eigenvalue weighted by atomic mass is 32.2. The van der Waals surface area contributed by atoms with Crippen molar-refractivity contribution in [2.45, 2.75) is 37.4 Å². The molecule has 0 unspecified atom stereocenters. The summed E-state index contributed by atoms with van der Waals surface area (Å²) in [6.45, 7) is 4.99. The van der Waals surface area contributed by atoms with Crippen LogP contribution in [0.3, 0.4) is 0 Å². The lowest BCUT2D eigenvalue weighted by Crippen LogP contribution is -2.40. The molecule has 1 atom stereocenters. The van der Waals surface area contributed by atoms with E-state index in [2.05, 4.69) is 18.3 Å². The van der Waals surface area contributed by atoms with Crippen LogP contribution in [0.5, 0.6) is 11.5 Å². The average Bonchev–Trinajstić information content (AvgIpc) is 3.13. The summed E-state index contributed by atoms with van der Waals surface area (Å²) in [5, 5.41) is 3.40. The molecule has 2 aliphatic rings. The maximum atomic E-state index is 12.7. The van der Waals surface area contributed by atoms with E-state index in [0.717, 1.165) is 29.0 Å². The Morgan fingerprint density at radius 2 is 1.87 bits per heavy atom. The van der Waals surface area contributed by atoms with Crippen LogP contribution in [0.25, 0.3) is 0 Å². The second-order valence-electron chi connectivity index (χ2n) is 7.67. The Hall–Kier alpha value is -2.13. The summed E-state index contributed by atoms with van der Waals surface area (Å²) in [6.07, 6.45) is 1.10. The molecule has 0 saturated carbocycles. The van der Waals surface area contributed by atoms with Crippen LogP contribution in [0, 0.1) is 0 Å². The summed E-state index contributed by atoms with van der Waals surface area (Å²) in [5.41, 5.74) is 3.23. The molecule has 2 heterocycles. The van der Waals surface area contributed by atoms with Gasteiger partial charge in [0.05, 0.1) is 25.2 Å². The van der Waals surface area contributed by atoms with Crippen molar-refractivity contribution in [3.8, 4) is 11.5 Å². The van der Waals surface area contributed by atoms with Crippen LogP contribution in [0.1, 0.15) is 23.6 Å². The van der Waals surface area contributed by atoms with Crippen LogP contribution >= 0.6 is 0 Å². The molecule has 8 heteroatoms. The zero-order valence-electron chi connectivity index (χ0n) is 17.4. The first-order chi connectivity index (χ1) is 14.5. The SMILES string of the molecule is COc1cc2c(cc1CNCc1ccc(S(=O)(=O)N3CCOCC3)cc1)O[C@H](C)C2. The molecule has 2 aromatic carbocycles. The van der Waals surface area contributed by atoms with Crippen molar-refractivity contribution in [2.75, 3.05) is 33.4 Å². The Bertz CT molecular complexity index is 985. The second-order valence-corrected chi connectivity index (χ2v) is 9.61. The highest BCUT2D eigenvalue weighted by Gasteiger charge is 2.26. The predicted octanol–water partition coefficient (Wildman–Crippen LogP) is 2.33. The first kappa shape index (κ1) is 21.1. The Morgan fingerprint density at radius 1 is 1.13 bits per heavy atom. The number of morpholine rings is 1.